The Morgan fingerprint density at radius 3 is 2.52 bits per heavy atom. The van der Waals surface area contributed by atoms with Crippen molar-refractivity contribution >= 4 is 46.7 Å². The van der Waals surface area contributed by atoms with E-state index in [2.05, 4.69) is 15.3 Å². The second-order valence-electron chi connectivity index (χ2n) is 7.17. The van der Waals surface area contributed by atoms with Crippen molar-refractivity contribution in [3.05, 3.63) is 59.4 Å². The largest absolute Gasteiger partial charge is 0.481 e. The maximum absolute atomic E-state index is 13.2. The van der Waals surface area contributed by atoms with Crippen molar-refractivity contribution in [2.24, 2.45) is 0 Å². The summed E-state index contributed by atoms with van der Waals surface area (Å²) in [6.07, 6.45) is 1.52. The zero-order valence-electron chi connectivity index (χ0n) is 17.0. The van der Waals surface area contributed by atoms with E-state index >= 15 is 0 Å². The van der Waals surface area contributed by atoms with Gasteiger partial charge in [0.15, 0.2) is 5.65 Å². The van der Waals surface area contributed by atoms with Gasteiger partial charge >= 0.3 is 5.97 Å². The number of carboxylic acids is 1. The van der Waals surface area contributed by atoms with Crippen LogP contribution in [0.1, 0.15) is 21.6 Å². The molecule has 31 heavy (non-hydrogen) atoms. The van der Waals surface area contributed by atoms with Crippen molar-refractivity contribution < 1.29 is 19.4 Å². The predicted octanol–water partition coefficient (Wildman–Crippen LogP) is 3.20. The number of ether oxygens (including phenoxy) is 1. The normalized spacial score (nSPS) is 13.5. The van der Waals surface area contributed by atoms with Gasteiger partial charge in [0.1, 0.15) is 0 Å². The number of fused-ring (bicyclic) bond motifs is 1. The Morgan fingerprint density at radius 2 is 1.84 bits per heavy atom. The van der Waals surface area contributed by atoms with E-state index in [0.717, 1.165) is 16.8 Å². The molecule has 0 aliphatic carbocycles. The van der Waals surface area contributed by atoms with E-state index in [1.54, 1.807) is 35.4 Å². The number of carbonyl (C=O) groups excluding carboxylic acids is 1. The summed E-state index contributed by atoms with van der Waals surface area (Å²) in [5, 5.41) is 13.0. The number of hydrogen-bond donors (Lipinski definition) is 2. The van der Waals surface area contributed by atoms with Gasteiger partial charge in [0.25, 0.3) is 5.91 Å². The molecule has 9 heteroatoms. The molecule has 2 aromatic heterocycles. The third-order valence-corrected chi connectivity index (χ3v) is 4.98. The van der Waals surface area contributed by atoms with Gasteiger partial charge < -0.3 is 20.1 Å². The number of aliphatic carboxylic acids is 1. The van der Waals surface area contributed by atoms with Crippen LogP contribution in [-0.4, -0.2) is 58.2 Å². The third-order valence-electron chi connectivity index (χ3n) is 4.98. The molecule has 0 bridgehead atoms. The number of pyridine rings is 2. The molecule has 1 aliphatic heterocycles. The lowest BCUT2D eigenvalue weighted by molar-refractivity contribution is -0.136. The quantitative estimate of drug-likeness (QED) is 0.625. The fraction of sp³-hybridized carbons (Fsp3) is 0.273. The van der Waals surface area contributed by atoms with Gasteiger partial charge in [-0.2, -0.15) is 0 Å². The smallest absolute Gasteiger partial charge is 0.307 e. The van der Waals surface area contributed by atoms with Crippen molar-refractivity contribution in [3.63, 3.8) is 0 Å². The van der Waals surface area contributed by atoms with E-state index in [1.165, 1.54) is 0 Å². The second kappa shape index (κ2) is 9.72. The Bertz CT molecular complexity index is 1100. The van der Waals surface area contributed by atoms with Crippen molar-refractivity contribution in [1.82, 2.24) is 14.9 Å². The van der Waals surface area contributed by atoms with E-state index in [4.69, 9.17) is 9.84 Å². The van der Waals surface area contributed by atoms with Crippen LogP contribution in [0.2, 0.25) is 0 Å². The maximum Gasteiger partial charge on any atom is 0.307 e. The van der Waals surface area contributed by atoms with Gasteiger partial charge in [-0.25, -0.2) is 9.97 Å². The number of rotatable bonds is 5. The molecule has 4 rings (SSSR count). The van der Waals surface area contributed by atoms with E-state index < -0.39 is 5.97 Å². The van der Waals surface area contributed by atoms with Crippen molar-refractivity contribution in [2.75, 3.05) is 31.6 Å². The number of nitrogens with one attached hydrogen (secondary N) is 1. The van der Waals surface area contributed by atoms with E-state index in [0.29, 0.717) is 48.8 Å². The van der Waals surface area contributed by atoms with Crippen LogP contribution in [0.25, 0.3) is 11.0 Å². The van der Waals surface area contributed by atoms with Crippen LogP contribution < -0.4 is 5.32 Å². The molecule has 1 saturated heterocycles. The topological polar surface area (TPSA) is 105 Å². The van der Waals surface area contributed by atoms with Gasteiger partial charge in [-0.05, 0) is 36.8 Å². The predicted molar refractivity (Wildman–Crippen MR) is 119 cm³/mol. The highest BCUT2D eigenvalue weighted by atomic mass is 35.5. The molecule has 162 valence electrons. The molecule has 0 saturated carbocycles. The molecule has 2 N–H and O–H groups in total. The number of benzene rings is 1. The minimum atomic E-state index is -0.879. The van der Waals surface area contributed by atoms with Gasteiger partial charge in [-0.15, -0.1) is 12.4 Å². The minimum absolute atomic E-state index is 0. The fourth-order valence-corrected chi connectivity index (χ4v) is 3.43. The SMILES string of the molecule is Cc1ccc2c(Nc3ccc(CC(=O)O)cc3)c(C(=O)N3CCOCC3)cnc2n1.Cl. The first-order valence-electron chi connectivity index (χ1n) is 9.72. The van der Waals surface area contributed by atoms with Crippen LogP contribution >= 0.6 is 12.4 Å². The van der Waals surface area contributed by atoms with Crippen LogP contribution in [-0.2, 0) is 16.0 Å². The zero-order valence-corrected chi connectivity index (χ0v) is 17.8. The molecule has 0 unspecified atom stereocenters. The molecule has 1 aliphatic rings. The number of amides is 1. The number of hydrogen-bond acceptors (Lipinski definition) is 6. The van der Waals surface area contributed by atoms with Crippen LogP contribution in [0.3, 0.4) is 0 Å². The summed E-state index contributed by atoms with van der Waals surface area (Å²) in [6.45, 7) is 3.99. The maximum atomic E-state index is 13.2. The number of carbonyl (C=O) groups is 2. The lowest BCUT2D eigenvalue weighted by Gasteiger charge is -2.27. The van der Waals surface area contributed by atoms with Gasteiger partial charge in [-0.3, -0.25) is 9.59 Å². The third kappa shape index (κ3) is 5.10. The first-order chi connectivity index (χ1) is 14.5. The highest BCUT2D eigenvalue weighted by molar-refractivity contribution is 6.07. The molecule has 8 nitrogen and oxygen atoms in total. The van der Waals surface area contributed by atoms with Crippen molar-refractivity contribution in [1.29, 1.82) is 0 Å². The molecule has 1 aromatic carbocycles. The summed E-state index contributed by atoms with van der Waals surface area (Å²) in [7, 11) is 0. The van der Waals surface area contributed by atoms with Crippen molar-refractivity contribution in [2.45, 2.75) is 13.3 Å². The number of morpholine rings is 1. The van der Waals surface area contributed by atoms with E-state index in [-0.39, 0.29) is 24.7 Å². The van der Waals surface area contributed by atoms with Gasteiger partial charge in [0.05, 0.1) is 30.9 Å². The molecule has 1 fully saturated rings. The average molecular weight is 443 g/mol. The number of anilines is 2. The molecule has 0 radical (unpaired) electrons. The second-order valence-corrected chi connectivity index (χ2v) is 7.17. The Balaban J connectivity index is 0.00000272. The first-order valence-corrected chi connectivity index (χ1v) is 9.72. The number of carboxylic acid groups (broad SMARTS) is 1. The summed E-state index contributed by atoms with van der Waals surface area (Å²) in [5.74, 6) is -0.992. The lowest BCUT2D eigenvalue weighted by Crippen LogP contribution is -2.41. The Hall–Kier alpha value is -3.23. The Labute approximate surface area is 185 Å². The first kappa shape index (κ1) is 22.5. The monoisotopic (exact) mass is 442 g/mol. The molecule has 0 atom stereocenters. The highest BCUT2D eigenvalue weighted by Crippen LogP contribution is 2.30. The number of nitrogens with zero attached hydrogens (tertiary/aromatic N) is 3. The zero-order chi connectivity index (χ0) is 21.1. The summed E-state index contributed by atoms with van der Waals surface area (Å²) in [5.41, 5.74) is 3.94. The Morgan fingerprint density at radius 1 is 1.13 bits per heavy atom. The molecule has 3 aromatic rings. The number of halogens is 1. The summed E-state index contributed by atoms with van der Waals surface area (Å²) < 4.78 is 5.36. The molecule has 0 spiro atoms. The van der Waals surface area contributed by atoms with Gasteiger partial charge in [0.2, 0.25) is 0 Å². The average Bonchev–Trinajstić information content (AvgIpc) is 2.75. The van der Waals surface area contributed by atoms with Gasteiger partial charge in [0, 0.05) is 36.1 Å². The lowest BCUT2D eigenvalue weighted by atomic mass is 10.1. The molecule has 1 amide bonds. The van der Waals surface area contributed by atoms with Crippen LogP contribution in [0.15, 0.2) is 42.6 Å². The van der Waals surface area contributed by atoms with Crippen LogP contribution in [0, 0.1) is 6.92 Å². The van der Waals surface area contributed by atoms with Crippen molar-refractivity contribution in [3.8, 4) is 0 Å². The van der Waals surface area contributed by atoms with Gasteiger partial charge in [-0.1, -0.05) is 12.1 Å². The molecule has 3 heterocycles. The van der Waals surface area contributed by atoms with Crippen LogP contribution in [0.5, 0.6) is 0 Å². The standard InChI is InChI=1S/C22H22N4O4.ClH/c1-14-2-7-17-20(25-16-5-3-15(4-6-16)12-19(27)28)18(13-23-21(17)24-14)22(29)26-8-10-30-11-9-26;/h2-7,13H,8-12H2,1H3,(H,27,28)(H,23,24,25);1H. The Kier molecular flexibility index (Phi) is 7.04. The summed E-state index contributed by atoms with van der Waals surface area (Å²) >= 11 is 0. The highest BCUT2D eigenvalue weighted by Gasteiger charge is 2.23. The van der Waals surface area contributed by atoms with Crippen LogP contribution in [0.4, 0.5) is 11.4 Å². The number of aryl methyl sites for hydroxylation is 1. The minimum Gasteiger partial charge on any atom is -0.481 e. The summed E-state index contributed by atoms with van der Waals surface area (Å²) in [4.78, 5) is 34.8. The van der Waals surface area contributed by atoms with E-state index in [9.17, 15) is 9.59 Å². The fourth-order valence-electron chi connectivity index (χ4n) is 3.43. The molecular weight excluding hydrogens is 420 g/mol. The summed E-state index contributed by atoms with van der Waals surface area (Å²) in [6, 6.07) is 10.9. The molecular formula is C22H23ClN4O4. The van der Waals surface area contributed by atoms with E-state index in [1.807, 2.05) is 19.1 Å². The number of aromatic nitrogens is 2.